The van der Waals surface area contributed by atoms with Crippen molar-refractivity contribution in [3.63, 3.8) is 0 Å². The van der Waals surface area contributed by atoms with Crippen molar-refractivity contribution in [1.82, 2.24) is 14.9 Å². The second-order valence-electron chi connectivity index (χ2n) is 7.54. The Morgan fingerprint density at radius 3 is 2.50 bits per heavy atom. The first-order valence-corrected chi connectivity index (χ1v) is 10.4. The minimum atomic E-state index is -0.964. The van der Waals surface area contributed by atoms with Gasteiger partial charge in [0.05, 0.1) is 22.2 Å². The zero-order valence-electron chi connectivity index (χ0n) is 16.9. The van der Waals surface area contributed by atoms with Crippen LogP contribution in [0.1, 0.15) is 47.6 Å². The molecule has 0 fully saturated rings. The van der Waals surface area contributed by atoms with Gasteiger partial charge in [-0.1, -0.05) is 37.2 Å². The lowest BCUT2D eigenvalue weighted by Crippen LogP contribution is -2.51. The van der Waals surface area contributed by atoms with Gasteiger partial charge in [-0.05, 0) is 51.8 Å². The third kappa shape index (κ3) is 4.50. The first-order chi connectivity index (χ1) is 13.0. The lowest BCUT2D eigenvalue weighted by molar-refractivity contribution is -0.121. The largest absolute Gasteiger partial charge is 0.337 e. The number of fused-ring (bicyclic) bond motifs is 1. The van der Waals surface area contributed by atoms with Crippen molar-refractivity contribution in [1.29, 1.82) is 5.26 Å². The molecule has 1 amide bonds. The minimum absolute atomic E-state index is 0.0477. The van der Waals surface area contributed by atoms with Crippen LogP contribution in [0, 0.1) is 17.2 Å². The van der Waals surface area contributed by atoms with Crippen LogP contribution in [0.2, 0.25) is 5.02 Å². The molecule has 0 unspecified atom stereocenters. The van der Waals surface area contributed by atoms with E-state index in [1.807, 2.05) is 27.7 Å². The summed E-state index contributed by atoms with van der Waals surface area (Å²) in [4.78, 5) is 30.2. The number of nitrogens with one attached hydrogen (secondary N) is 1. The summed E-state index contributed by atoms with van der Waals surface area (Å²) in [5, 5.41) is 13.1. The van der Waals surface area contributed by atoms with Gasteiger partial charge in [0, 0.05) is 11.1 Å². The molecular formula is C20H25ClN4O2S. The summed E-state index contributed by atoms with van der Waals surface area (Å²) >= 11 is 7.24. The smallest absolute Gasteiger partial charge is 0.262 e. The van der Waals surface area contributed by atoms with Crippen LogP contribution in [-0.4, -0.2) is 26.2 Å². The normalized spacial score (nSPS) is 14.7. The molecule has 2 rings (SSSR count). The van der Waals surface area contributed by atoms with Gasteiger partial charge in [-0.15, -0.1) is 0 Å². The fourth-order valence-electron chi connectivity index (χ4n) is 2.56. The highest BCUT2D eigenvalue weighted by atomic mass is 35.5. The van der Waals surface area contributed by atoms with E-state index in [1.165, 1.54) is 11.8 Å². The van der Waals surface area contributed by atoms with Gasteiger partial charge in [-0.3, -0.25) is 14.2 Å². The van der Waals surface area contributed by atoms with Crippen LogP contribution >= 0.6 is 23.4 Å². The molecule has 0 bridgehead atoms. The SMILES string of the molecule is CC(C)n1c(S[C@H](C)C(=O)N[C@](C)(C#N)C(C)C)nc2cc(Cl)ccc2c1=O. The maximum atomic E-state index is 12.9. The van der Waals surface area contributed by atoms with Crippen LogP contribution < -0.4 is 10.9 Å². The molecule has 6 nitrogen and oxygen atoms in total. The Morgan fingerprint density at radius 1 is 1.32 bits per heavy atom. The average molecular weight is 421 g/mol. The molecule has 1 aromatic carbocycles. The van der Waals surface area contributed by atoms with Gasteiger partial charge in [0.1, 0.15) is 5.54 Å². The summed E-state index contributed by atoms with van der Waals surface area (Å²) < 4.78 is 1.58. The molecule has 1 heterocycles. The first kappa shape index (κ1) is 22.3. The number of nitriles is 1. The summed E-state index contributed by atoms with van der Waals surface area (Å²) in [6.45, 7) is 11.0. The molecule has 0 aliphatic heterocycles. The molecular weight excluding hydrogens is 396 g/mol. The average Bonchev–Trinajstić information content (AvgIpc) is 2.60. The molecule has 0 aliphatic carbocycles. The van der Waals surface area contributed by atoms with Crippen molar-refractivity contribution < 1.29 is 4.79 Å². The van der Waals surface area contributed by atoms with Crippen molar-refractivity contribution in [3.05, 3.63) is 33.6 Å². The van der Waals surface area contributed by atoms with E-state index in [0.717, 1.165) is 0 Å². The number of aromatic nitrogens is 2. The molecule has 2 aromatic rings. The number of benzene rings is 1. The van der Waals surface area contributed by atoms with Gasteiger partial charge in [0.2, 0.25) is 5.91 Å². The van der Waals surface area contributed by atoms with E-state index in [2.05, 4.69) is 16.4 Å². The molecule has 28 heavy (non-hydrogen) atoms. The number of halogens is 1. The van der Waals surface area contributed by atoms with Crippen LogP contribution in [-0.2, 0) is 4.79 Å². The number of nitrogens with zero attached hydrogens (tertiary/aromatic N) is 3. The van der Waals surface area contributed by atoms with Gasteiger partial charge in [-0.25, -0.2) is 4.98 Å². The Hall–Kier alpha value is -2.04. The van der Waals surface area contributed by atoms with Crippen molar-refractivity contribution in [2.24, 2.45) is 5.92 Å². The molecule has 1 N–H and O–H groups in total. The molecule has 0 saturated carbocycles. The van der Waals surface area contributed by atoms with Gasteiger partial charge >= 0.3 is 0 Å². The van der Waals surface area contributed by atoms with E-state index >= 15 is 0 Å². The second kappa shape index (κ2) is 8.54. The van der Waals surface area contributed by atoms with Crippen molar-refractivity contribution in [3.8, 4) is 6.07 Å². The fraction of sp³-hybridized carbons (Fsp3) is 0.500. The van der Waals surface area contributed by atoms with Crippen LogP contribution in [0.3, 0.4) is 0 Å². The van der Waals surface area contributed by atoms with E-state index in [4.69, 9.17) is 11.6 Å². The summed E-state index contributed by atoms with van der Waals surface area (Å²) in [5.74, 6) is -0.327. The Morgan fingerprint density at radius 2 is 1.96 bits per heavy atom. The predicted molar refractivity (Wildman–Crippen MR) is 114 cm³/mol. The van der Waals surface area contributed by atoms with Crippen LogP contribution in [0.25, 0.3) is 10.9 Å². The molecule has 1 aromatic heterocycles. The molecule has 0 aliphatic rings. The summed E-state index contributed by atoms with van der Waals surface area (Å²) in [5.41, 5.74) is -0.641. The Labute approximate surface area is 174 Å². The molecule has 0 spiro atoms. The van der Waals surface area contributed by atoms with E-state index in [9.17, 15) is 14.9 Å². The predicted octanol–water partition coefficient (Wildman–Crippen LogP) is 4.17. The van der Waals surface area contributed by atoms with Crippen molar-refractivity contribution in [2.75, 3.05) is 0 Å². The molecule has 150 valence electrons. The molecule has 0 saturated heterocycles. The van der Waals surface area contributed by atoms with E-state index in [0.29, 0.717) is 21.1 Å². The summed E-state index contributed by atoms with van der Waals surface area (Å²) in [6.07, 6.45) is 0. The number of hydrogen-bond acceptors (Lipinski definition) is 5. The standard InChI is InChI=1S/C20H25ClN4O2S/c1-11(2)20(6,10-22)24-17(26)13(5)28-19-23-16-9-14(21)7-8-15(16)18(27)25(19)12(3)4/h7-9,11-13H,1-6H3,(H,24,26)/t13-,20-/m1/s1. The first-order valence-electron chi connectivity index (χ1n) is 9.12. The Balaban J connectivity index is 2.42. The van der Waals surface area contributed by atoms with Crippen molar-refractivity contribution >= 4 is 40.2 Å². The highest BCUT2D eigenvalue weighted by molar-refractivity contribution is 8.00. The molecule has 2 atom stereocenters. The lowest BCUT2D eigenvalue weighted by Gasteiger charge is -2.28. The number of carbonyl (C=O) groups excluding carboxylic acids is 1. The fourth-order valence-corrected chi connectivity index (χ4v) is 3.77. The van der Waals surface area contributed by atoms with Gasteiger partial charge in [0.25, 0.3) is 5.56 Å². The monoisotopic (exact) mass is 420 g/mol. The third-order valence-electron chi connectivity index (χ3n) is 4.77. The topological polar surface area (TPSA) is 87.8 Å². The number of amides is 1. The number of thioether (sulfide) groups is 1. The second-order valence-corrected chi connectivity index (χ2v) is 9.29. The maximum Gasteiger partial charge on any atom is 0.262 e. The van der Waals surface area contributed by atoms with Gasteiger partial charge in [-0.2, -0.15) is 5.26 Å². The van der Waals surface area contributed by atoms with Gasteiger partial charge < -0.3 is 5.32 Å². The van der Waals surface area contributed by atoms with Gasteiger partial charge in [0.15, 0.2) is 5.16 Å². The quantitative estimate of drug-likeness (QED) is 0.559. The van der Waals surface area contributed by atoms with E-state index in [1.54, 1.807) is 36.6 Å². The van der Waals surface area contributed by atoms with E-state index in [-0.39, 0.29) is 23.4 Å². The number of carbonyl (C=O) groups is 1. The summed E-state index contributed by atoms with van der Waals surface area (Å²) in [7, 11) is 0. The highest BCUT2D eigenvalue weighted by Gasteiger charge is 2.32. The Bertz CT molecular complexity index is 996. The summed E-state index contributed by atoms with van der Waals surface area (Å²) in [6, 6.07) is 7.01. The van der Waals surface area contributed by atoms with Crippen molar-refractivity contribution in [2.45, 2.75) is 63.5 Å². The lowest BCUT2D eigenvalue weighted by atomic mass is 9.90. The third-order valence-corrected chi connectivity index (χ3v) is 6.07. The number of rotatable bonds is 6. The Kier molecular flexibility index (Phi) is 6.79. The molecule has 8 heteroatoms. The maximum absolute atomic E-state index is 12.9. The molecule has 0 radical (unpaired) electrons. The highest BCUT2D eigenvalue weighted by Crippen LogP contribution is 2.27. The van der Waals surface area contributed by atoms with Crippen LogP contribution in [0.15, 0.2) is 28.2 Å². The van der Waals surface area contributed by atoms with Crippen LogP contribution in [0.4, 0.5) is 0 Å². The van der Waals surface area contributed by atoms with Crippen LogP contribution in [0.5, 0.6) is 0 Å². The minimum Gasteiger partial charge on any atom is -0.337 e. The zero-order chi connectivity index (χ0) is 21.2. The number of hydrogen-bond donors (Lipinski definition) is 1. The van der Waals surface area contributed by atoms with E-state index < -0.39 is 10.8 Å². The zero-order valence-corrected chi connectivity index (χ0v) is 18.5.